The topological polar surface area (TPSA) is 83.1 Å². The molecule has 1 aromatic carbocycles. The number of Topliss-reactive ketones (excluding diaryl/α,β-unsaturated/α-hetero) is 1. The molecule has 0 unspecified atom stereocenters. The van der Waals surface area contributed by atoms with Crippen LogP contribution in [0.3, 0.4) is 0 Å². The first-order valence-electron chi connectivity index (χ1n) is 6.16. The molecule has 2 rings (SSSR count). The van der Waals surface area contributed by atoms with Crippen LogP contribution in [-0.2, 0) is 0 Å². The Morgan fingerprint density at radius 3 is 2.55 bits per heavy atom. The Bertz CT molecular complexity index is 819. The summed E-state index contributed by atoms with van der Waals surface area (Å²) in [6, 6.07) is 6.26. The molecule has 7 heteroatoms. The SMILES string of the molecule is CC(=O)c1c(C)oc(NC(=O)c2ccc(Cl)cc2Cl)c1C#N. The van der Waals surface area contributed by atoms with Crippen molar-refractivity contribution in [3.05, 3.63) is 50.7 Å². The van der Waals surface area contributed by atoms with Crippen molar-refractivity contribution in [2.45, 2.75) is 13.8 Å². The summed E-state index contributed by atoms with van der Waals surface area (Å²) in [5, 5.41) is 12.2. The number of aryl methyl sites for hydroxylation is 1. The first-order valence-corrected chi connectivity index (χ1v) is 6.91. The Labute approximate surface area is 136 Å². The molecule has 0 fully saturated rings. The fourth-order valence-corrected chi connectivity index (χ4v) is 2.50. The Morgan fingerprint density at radius 2 is 2.00 bits per heavy atom. The van der Waals surface area contributed by atoms with Gasteiger partial charge >= 0.3 is 0 Å². The van der Waals surface area contributed by atoms with Gasteiger partial charge in [0.25, 0.3) is 5.91 Å². The number of hydrogen-bond acceptors (Lipinski definition) is 4. The third-order valence-electron chi connectivity index (χ3n) is 2.95. The van der Waals surface area contributed by atoms with Gasteiger partial charge in [-0.05, 0) is 32.0 Å². The predicted molar refractivity (Wildman–Crippen MR) is 82.6 cm³/mol. The summed E-state index contributed by atoms with van der Waals surface area (Å²) < 4.78 is 5.31. The van der Waals surface area contributed by atoms with Gasteiger partial charge in [-0.2, -0.15) is 5.26 Å². The van der Waals surface area contributed by atoms with Gasteiger partial charge in [0.1, 0.15) is 17.4 Å². The normalized spacial score (nSPS) is 10.1. The summed E-state index contributed by atoms with van der Waals surface area (Å²) in [4.78, 5) is 23.8. The number of carbonyl (C=O) groups is 2. The maximum absolute atomic E-state index is 12.2. The van der Waals surface area contributed by atoms with Crippen LogP contribution in [0.25, 0.3) is 0 Å². The summed E-state index contributed by atoms with van der Waals surface area (Å²) in [7, 11) is 0. The number of anilines is 1. The fourth-order valence-electron chi connectivity index (χ4n) is 2.01. The zero-order valence-electron chi connectivity index (χ0n) is 11.7. The van der Waals surface area contributed by atoms with Gasteiger partial charge in [-0.1, -0.05) is 23.2 Å². The van der Waals surface area contributed by atoms with Crippen LogP contribution >= 0.6 is 23.2 Å². The Morgan fingerprint density at radius 1 is 1.32 bits per heavy atom. The van der Waals surface area contributed by atoms with Crippen LogP contribution in [0, 0.1) is 18.3 Å². The van der Waals surface area contributed by atoms with Gasteiger partial charge in [-0.15, -0.1) is 0 Å². The monoisotopic (exact) mass is 336 g/mol. The van der Waals surface area contributed by atoms with E-state index in [1.54, 1.807) is 6.92 Å². The number of nitriles is 1. The summed E-state index contributed by atoms with van der Waals surface area (Å²) in [6.45, 7) is 2.86. The minimum atomic E-state index is -0.568. The number of halogens is 2. The predicted octanol–water partition coefficient (Wildman–Crippen LogP) is 4.22. The molecule has 0 aliphatic carbocycles. The molecule has 1 heterocycles. The van der Waals surface area contributed by atoms with Crippen LogP contribution in [0.5, 0.6) is 0 Å². The molecule has 0 aliphatic heterocycles. The van der Waals surface area contributed by atoms with Crippen molar-refractivity contribution in [2.75, 3.05) is 5.32 Å². The molecule has 22 heavy (non-hydrogen) atoms. The lowest BCUT2D eigenvalue weighted by Crippen LogP contribution is -2.13. The fraction of sp³-hybridized carbons (Fsp3) is 0.133. The number of furan rings is 1. The van der Waals surface area contributed by atoms with Gasteiger partial charge in [0.15, 0.2) is 5.78 Å². The molecule has 112 valence electrons. The molecule has 0 saturated carbocycles. The molecular formula is C15H10Cl2N2O3. The highest BCUT2D eigenvalue weighted by Gasteiger charge is 2.23. The molecule has 5 nitrogen and oxygen atoms in total. The van der Waals surface area contributed by atoms with Gasteiger partial charge in [0, 0.05) is 5.02 Å². The lowest BCUT2D eigenvalue weighted by Gasteiger charge is -2.05. The van der Waals surface area contributed by atoms with E-state index in [0.29, 0.717) is 5.02 Å². The quantitative estimate of drug-likeness (QED) is 0.850. The van der Waals surface area contributed by atoms with Gasteiger partial charge < -0.3 is 4.42 Å². The number of rotatable bonds is 3. The third-order valence-corrected chi connectivity index (χ3v) is 3.50. The van der Waals surface area contributed by atoms with E-state index in [-0.39, 0.29) is 39.1 Å². The maximum Gasteiger partial charge on any atom is 0.259 e. The molecule has 0 spiro atoms. The molecule has 1 amide bonds. The number of nitrogens with zero attached hydrogens (tertiary/aromatic N) is 1. The number of nitrogens with one attached hydrogen (secondary N) is 1. The van der Waals surface area contributed by atoms with Crippen LogP contribution in [0.1, 0.15) is 39.0 Å². The number of hydrogen-bond donors (Lipinski definition) is 1. The molecule has 0 atom stereocenters. The van der Waals surface area contributed by atoms with Crippen molar-refractivity contribution in [1.29, 1.82) is 5.26 Å². The van der Waals surface area contributed by atoms with Crippen molar-refractivity contribution in [3.63, 3.8) is 0 Å². The molecule has 1 aromatic heterocycles. The second kappa shape index (κ2) is 6.22. The van der Waals surface area contributed by atoms with E-state index in [1.165, 1.54) is 25.1 Å². The van der Waals surface area contributed by atoms with E-state index >= 15 is 0 Å². The van der Waals surface area contributed by atoms with Crippen LogP contribution in [0.4, 0.5) is 5.88 Å². The zero-order chi connectivity index (χ0) is 16.4. The highest BCUT2D eigenvalue weighted by atomic mass is 35.5. The van der Waals surface area contributed by atoms with E-state index in [2.05, 4.69) is 5.32 Å². The molecule has 0 aliphatic rings. The lowest BCUT2D eigenvalue weighted by atomic mass is 10.1. The first-order chi connectivity index (χ1) is 10.3. The minimum absolute atomic E-state index is 0.0107. The second-order valence-corrected chi connectivity index (χ2v) is 5.33. The van der Waals surface area contributed by atoms with Crippen molar-refractivity contribution in [3.8, 4) is 6.07 Å². The molecule has 2 aromatic rings. The number of amides is 1. The largest absolute Gasteiger partial charge is 0.443 e. The van der Waals surface area contributed by atoms with E-state index < -0.39 is 5.91 Å². The number of carbonyl (C=O) groups excluding carboxylic acids is 2. The Hall–Kier alpha value is -2.29. The average Bonchev–Trinajstić information content (AvgIpc) is 2.74. The van der Waals surface area contributed by atoms with Crippen LogP contribution in [0.2, 0.25) is 10.0 Å². The highest BCUT2D eigenvalue weighted by molar-refractivity contribution is 6.37. The summed E-state index contributed by atoms with van der Waals surface area (Å²) in [6.07, 6.45) is 0. The molecule has 0 saturated heterocycles. The zero-order valence-corrected chi connectivity index (χ0v) is 13.2. The van der Waals surface area contributed by atoms with Gasteiger partial charge in [0.2, 0.25) is 5.88 Å². The molecule has 1 N–H and O–H groups in total. The number of benzene rings is 1. The second-order valence-electron chi connectivity index (χ2n) is 4.48. The van der Waals surface area contributed by atoms with Crippen molar-refractivity contribution in [2.24, 2.45) is 0 Å². The Balaban J connectivity index is 2.39. The summed E-state index contributed by atoms with van der Waals surface area (Å²) in [5.74, 6) is -0.701. The maximum atomic E-state index is 12.2. The van der Waals surface area contributed by atoms with E-state index in [9.17, 15) is 14.9 Å². The summed E-state index contributed by atoms with van der Waals surface area (Å²) in [5.41, 5.74) is 0.317. The van der Waals surface area contributed by atoms with Gasteiger partial charge in [0.05, 0.1) is 16.1 Å². The van der Waals surface area contributed by atoms with Crippen LogP contribution in [0.15, 0.2) is 22.6 Å². The first kappa shape index (κ1) is 16.1. The highest BCUT2D eigenvalue weighted by Crippen LogP contribution is 2.28. The van der Waals surface area contributed by atoms with Gasteiger partial charge in [-0.3, -0.25) is 14.9 Å². The van der Waals surface area contributed by atoms with E-state index in [4.69, 9.17) is 27.6 Å². The van der Waals surface area contributed by atoms with Crippen LogP contribution in [-0.4, -0.2) is 11.7 Å². The molecule has 0 radical (unpaired) electrons. The standard InChI is InChI=1S/C15H10Cl2N2O3/c1-7(20)13-8(2)22-15(11(13)6-18)19-14(21)10-4-3-9(16)5-12(10)17/h3-5H,1-2H3,(H,19,21). The third kappa shape index (κ3) is 2.98. The lowest BCUT2D eigenvalue weighted by molar-refractivity contribution is 0.101. The van der Waals surface area contributed by atoms with Gasteiger partial charge in [-0.25, -0.2) is 0 Å². The molecular weight excluding hydrogens is 327 g/mol. The van der Waals surface area contributed by atoms with Crippen molar-refractivity contribution < 1.29 is 14.0 Å². The molecule has 0 bridgehead atoms. The average molecular weight is 337 g/mol. The van der Waals surface area contributed by atoms with Crippen molar-refractivity contribution >= 4 is 40.8 Å². The summed E-state index contributed by atoms with van der Waals surface area (Å²) >= 11 is 11.7. The Kier molecular flexibility index (Phi) is 4.55. The minimum Gasteiger partial charge on any atom is -0.443 e. The number of ketones is 1. The van der Waals surface area contributed by atoms with E-state index in [0.717, 1.165) is 0 Å². The van der Waals surface area contributed by atoms with Crippen molar-refractivity contribution in [1.82, 2.24) is 0 Å². The smallest absolute Gasteiger partial charge is 0.259 e. The van der Waals surface area contributed by atoms with E-state index in [1.807, 2.05) is 6.07 Å². The van der Waals surface area contributed by atoms with Crippen LogP contribution < -0.4 is 5.32 Å².